The Morgan fingerprint density at radius 2 is 2.05 bits per heavy atom. The second-order valence-corrected chi connectivity index (χ2v) is 6.00. The minimum atomic E-state index is -0.448. The van der Waals surface area contributed by atoms with Crippen molar-refractivity contribution >= 4 is 29.6 Å². The highest BCUT2D eigenvalue weighted by molar-refractivity contribution is 7.80. The van der Waals surface area contributed by atoms with Crippen LogP contribution in [0.15, 0.2) is 5.10 Å². The fraction of sp³-hybridized carbons (Fsp3) is 0.750. The molecule has 0 aliphatic carbocycles. The Balaban J connectivity index is 2.34. The fourth-order valence-electron chi connectivity index (χ4n) is 1.76. The topological polar surface area (TPSA) is 80.0 Å². The van der Waals surface area contributed by atoms with Crippen molar-refractivity contribution in [1.29, 1.82) is 0 Å². The molecule has 1 aliphatic heterocycles. The van der Waals surface area contributed by atoms with Gasteiger partial charge in [-0.2, -0.15) is 5.10 Å². The summed E-state index contributed by atoms with van der Waals surface area (Å²) in [7, 11) is 0. The molecule has 1 rings (SSSR count). The molecule has 108 valence electrons. The quantitative estimate of drug-likeness (QED) is 0.456. The molecule has 1 heterocycles. The molecule has 7 heteroatoms. The molecule has 1 fully saturated rings. The Bertz CT molecular complexity index is 357. The van der Waals surface area contributed by atoms with E-state index >= 15 is 0 Å². The van der Waals surface area contributed by atoms with Crippen LogP contribution in [0.25, 0.3) is 0 Å². The lowest BCUT2D eigenvalue weighted by Gasteiger charge is -2.32. The molecular formula is C12H22N4O2S. The Kier molecular flexibility index (Phi) is 5.53. The zero-order valence-electron chi connectivity index (χ0n) is 11.7. The molecule has 0 spiro atoms. The van der Waals surface area contributed by atoms with Crippen LogP contribution in [0.2, 0.25) is 0 Å². The average molecular weight is 286 g/mol. The van der Waals surface area contributed by atoms with Crippen LogP contribution in [-0.2, 0) is 4.74 Å². The number of nitrogens with one attached hydrogen (secondary N) is 1. The normalized spacial score (nSPS) is 17.5. The molecule has 1 saturated heterocycles. The van der Waals surface area contributed by atoms with E-state index in [1.54, 1.807) is 11.1 Å². The van der Waals surface area contributed by atoms with E-state index in [4.69, 9.17) is 10.5 Å². The van der Waals surface area contributed by atoms with Crippen molar-refractivity contribution in [3.05, 3.63) is 0 Å². The minimum Gasteiger partial charge on any atom is -0.444 e. The van der Waals surface area contributed by atoms with Gasteiger partial charge in [0, 0.05) is 19.3 Å². The second-order valence-electron chi connectivity index (χ2n) is 5.56. The van der Waals surface area contributed by atoms with Crippen molar-refractivity contribution < 1.29 is 9.53 Å². The lowest BCUT2D eigenvalue weighted by Crippen LogP contribution is -2.42. The maximum absolute atomic E-state index is 11.8. The van der Waals surface area contributed by atoms with Crippen molar-refractivity contribution in [3.8, 4) is 0 Å². The van der Waals surface area contributed by atoms with Crippen LogP contribution in [-0.4, -0.2) is 41.0 Å². The Labute approximate surface area is 119 Å². The average Bonchev–Trinajstić information content (AvgIpc) is 2.27. The second kappa shape index (κ2) is 6.70. The smallest absolute Gasteiger partial charge is 0.410 e. The number of nitrogens with zero attached hydrogens (tertiary/aromatic N) is 2. The highest BCUT2D eigenvalue weighted by Gasteiger charge is 2.26. The number of likely N-dealkylation sites (tertiary alicyclic amines) is 1. The van der Waals surface area contributed by atoms with Gasteiger partial charge >= 0.3 is 6.09 Å². The van der Waals surface area contributed by atoms with Gasteiger partial charge in [0.15, 0.2) is 5.11 Å². The molecule has 3 N–H and O–H groups in total. The monoisotopic (exact) mass is 286 g/mol. The third-order valence-corrected chi connectivity index (χ3v) is 2.74. The van der Waals surface area contributed by atoms with Crippen molar-refractivity contribution in [2.45, 2.75) is 39.2 Å². The maximum Gasteiger partial charge on any atom is 0.410 e. The van der Waals surface area contributed by atoms with Crippen LogP contribution in [0.3, 0.4) is 0 Å². The largest absolute Gasteiger partial charge is 0.444 e. The zero-order chi connectivity index (χ0) is 14.5. The Hall–Kier alpha value is -1.37. The molecule has 1 amide bonds. The fourth-order valence-corrected chi connectivity index (χ4v) is 1.82. The molecule has 0 unspecified atom stereocenters. The molecule has 0 saturated carbocycles. The van der Waals surface area contributed by atoms with Gasteiger partial charge < -0.3 is 15.4 Å². The summed E-state index contributed by atoms with van der Waals surface area (Å²) in [5.74, 6) is 0.334. The zero-order valence-corrected chi connectivity index (χ0v) is 12.5. The van der Waals surface area contributed by atoms with Crippen molar-refractivity contribution in [2.75, 3.05) is 13.1 Å². The van der Waals surface area contributed by atoms with Gasteiger partial charge in [0.1, 0.15) is 5.60 Å². The first-order chi connectivity index (χ1) is 8.78. The van der Waals surface area contributed by atoms with Gasteiger partial charge in [-0.25, -0.2) is 4.79 Å². The molecule has 19 heavy (non-hydrogen) atoms. The number of piperidine rings is 1. The van der Waals surface area contributed by atoms with E-state index < -0.39 is 5.60 Å². The predicted molar refractivity (Wildman–Crippen MR) is 78.9 cm³/mol. The minimum absolute atomic E-state index is 0.155. The summed E-state index contributed by atoms with van der Waals surface area (Å²) in [4.78, 5) is 13.6. The molecule has 0 radical (unpaired) electrons. The number of thiocarbonyl (C=S) groups is 1. The third kappa shape index (κ3) is 6.37. The summed E-state index contributed by atoms with van der Waals surface area (Å²) >= 11 is 4.65. The van der Waals surface area contributed by atoms with Gasteiger partial charge in [0.25, 0.3) is 0 Å². The van der Waals surface area contributed by atoms with E-state index in [1.165, 1.54) is 0 Å². The van der Waals surface area contributed by atoms with Gasteiger partial charge in [0.05, 0.1) is 0 Å². The summed E-state index contributed by atoms with van der Waals surface area (Å²) in [6, 6.07) is 0. The lowest BCUT2D eigenvalue weighted by atomic mass is 9.99. The number of carbonyl (C=O) groups excluding carboxylic acids is 1. The molecule has 0 aromatic rings. The number of rotatable bonds is 2. The van der Waals surface area contributed by atoms with E-state index in [1.807, 2.05) is 20.8 Å². The molecule has 1 aliphatic rings. The molecular weight excluding hydrogens is 264 g/mol. The van der Waals surface area contributed by atoms with Crippen molar-refractivity contribution in [3.63, 3.8) is 0 Å². The highest BCUT2D eigenvalue weighted by atomic mass is 32.1. The van der Waals surface area contributed by atoms with E-state index in [-0.39, 0.29) is 11.2 Å². The van der Waals surface area contributed by atoms with Gasteiger partial charge in [-0.3, -0.25) is 5.43 Å². The molecule has 0 aromatic carbocycles. The number of ether oxygens (including phenoxy) is 1. The molecule has 6 nitrogen and oxygen atoms in total. The summed E-state index contributed by atoms with van der Waals surface area (Å²) in [6.45, 7) is 6.96. The summed E-state index contributed by atoms with van der Waals surface area (Å²) in [6.07, 6.45) is 3.28. The number of amides is 1. The van der Waals surface area contributed by atoms with E-state index in [2.05, 4.69) is 22.7 Å². The van der Waals surface area contributed by atoms with Gasteiger partial charge in [0.2, 0.25) is 0 Å². The molecule has 0 atom stereocenters. The van der Waals surface area contributed by atoms with Crippen molar-refractivity contribution in [1.82, 2.24) is 10.3 Å². The summed E-state index contributed by atoms with van der Waals surface area (Å²) < 4.78 is 5.33. The first-order valence-corrected chi connectivity index (χ1v) is 6.75. The van der Waals surface area contributed by atoms with Crippen LogP contribution in [0.4, 0.5) is 4.79 Å². The van der Waals surface area contributed by atoms with Gasteiger partial charge in [-0.1, -0.05) is 0 Å². The summed E-state index contributed by atoms with van der Waals surface area (Å²) in [5, 5.41) is 4.10. The van der Waals surface area contributed by atoms with Crippen LogP contribution >= 0.6 is 12.2 Å². The number of nitrogens with two attached hydrogens (primary N) is 1. The first-order valence-electron chi connectivity index (χ1n) is 6.34. The van der Waals surface area contributed by atoms with E-state index in [9.17, 15) is 4.79 Å². The van der Waals surface area contributed by atoms with Gasteiger partial charge in [-0.05, 0) is 51.7 Å². The standard InChI is InChI=1S/C12H22N4O2S/c1-12(2,3)18-11(17)16-6-4-9(5-7-16)8-14-15-10(13)19/h8-9H,4-7H2,1-3H3,(H3,13,15,19)/b14-8+. The predicted octanol–water partition coefficient (Wildman–Crippen LogP) is 1.45. The number of hydrogen-bond acceptors (Lipinski definition) is 4. The maximum atomic E-state index is 11.8. The highest BCUT2D eigenvalue weighted by Crippen LogP contribution is 2.18. The Morgan fingerprint density at radius 3 is 2.53 bits per heavy atom. The molecule has 0 bridgehead atoms. The number of hydrogen-bond donors (Lipinski definition) is 2. The third-order valence-electron chi connectivity index (χ3n) is 2.65. The van der Waals surface area contributed by atoms with E-state index in [0.717, 1.165) is 12.8 Å². The number of carbonyl (C=O) groups is 1. The first kappa shape index (κ1) is 15.7. The lowest BCUT2D eigenvalue weighted by molar-refractivity contribution is 0.0203. The van der Waals surface area contributed by atoms with Crippen LogP contribution in [0.5, 0.6) is 0 Å². The van der Waals surface area contributed by atoms with Crippen LogP contribution < -0.4 is 11.2 Å². The Morgan fingerprint density at radius 1 is 1.47 bits per heavy atom. The van der Waals surface area contributed by atoms with Crippen LogP contribution in [0.1, 0.15) is 33.6 Å². The number of hydrazone groups is 1. The molecule has 0 aromatic heterocycles. The van der Waals surface area contributed by atoms with E-state index in [0.29, 0.717) is 19.0 Å². The van der Waals surface area contributed by atoms with Crippen LogP contribution in [0, 0.1) is 5.92 Å². The summed E-state index contributed by atoms with van der Waals surface area (Å²) in [5.41, 5.74) is 7.35. The SMILES string of the molecule is CC(C)(C)OC(=O)N1CCC(/C=N/NC(N)=S)CC1. The van der Waals surface area contributed by atoms with Gasteiger partial charge in [-0.15, -0.1) is 0 Å². The van der Waals surface area contributed by atoms with Crippen molar-refractivity contribution in [2.24, 2.45) is 16.8 Å².